The van der Waals surface area contributed by atoms with Crippen molar-refractivity contribution in [1.29, 1.82) is 0 Å². The summed E-state index contributed by atoms with van der Waals surface area (Å²) in [4.78, 5) is 12.9. The molecule has 5 nitrogen and oxygen atoms in total. The number of carbonyl (C=O) groups is 1. The van der Waals surface area contributed by atoms with Gasteiger partial charge in [0.15, 0.2) is 0 Å². The van der Waals surface area contributed by atoms with Gasteiger partial charge >= 0.3 is 0 Å². The zero-order valence-corrected chi connectivity index (χ0v) is 21.3. The molecule has 0 saturated carbocycles. The number of halogens is 4. The number of hydrogen-bond donors (Lipinski definition) is 1. The Morgan fingerprint density at radius 2 is 1.42 bits per heavy atom. The highest BCUT2D eigenvalue weighted by molar-refractivity contribution is 7.89. The van der Waals surface area contributed by atoms with Crippen molar-refractivity contribution in [2.24, 2.45) is 0 Å². The van der Waals surface area contributed by atoms with Crippen molar-refractivity contribution in [2.45, 2.75) is 24.4 Å². The van der Waals surface area contributed by atoms with E-state index in [-0.39, 0.29) is 17.5 Å². The maximum atomic E-state index is 13.4. The van der Waals surface area contributed by atoms with E-state index in [9.17, 15) is 13.2 Å². The third-order valence-electron chi connectivity index (χ3n) is 4.88. The van der Waals surface area contributed by atoms with Gasteiger partial charge in [-0.15, -0.1) is 0 Å². The summed E-state index contributed by atoms with van der Waals surface area (Å²) in [5, 5.41) is 4.53. The summed E-state index contributed by atoms with van der Waals surface area (Å²) < 4.78 is 27.8. The van der Waals surface area contributed by atoms with E-state index in [2.05, 4.69) is 5.32 Å². The van der Waals surface area contributed by atoms with E-state index in [1.54, 1.807) is 43.3 Å². The molecule has 33 heavy (non-hydrogen) atoms. The third kappa shape index (κ3) is 6.85. The van der Waals surface area contributed by atoms with E-state index >= 15 is 0 Å². The lowest BCUT2D eigenvalue weighted by Crippen LogP contribution is -2.41. The van der Waals surface area contributed by atoms with Gasteiger partial charge in [0.1, 0.15) is 0 Å². The highest BCUT2D eigenvalue weighted by atomic mass is 35.5. The standard InChI is InChI=1S/C23H20Cl4N2O3S/c1-15(16-2-5-18(24)6-3-16)28-23(30)14-29(13-17-4-7-20(26)12-22(17)27)33(31,32)21-10-8-19(25)9-11-21/h2-12,15H,13-14H2,1H3,(H,28,30)/t15-/m1/s1. The van der Waals surface area contributed by atoms with E-state index in [0.29, 0.717) is 25.7 Å². The van der Waals surface area contributed by atoms with Crippen molar-refractivity contribution in [2.75, 3.05) is 6.54 Å². The van der Waals surface area contributed by atoms with Crippen molar-refractivity contribution < 1.29 is 13.2 Å². The molecule has 3 aromatic rings. The summed E-state index contributed by atoms with van der Waals surface area (Å²) in [6.45, 7) is 1.26. The zero-order chi connectivity index (χ0) is 24.2. The molecule has 0 aliphatic carbocycles. The molecule has 1 amide bonds. The SMILES string of the molecule is C[C@@H](NC(=O)CN(Cc1ccc(Cl)cc1Cl)S(=O)(=O)c1ccc(Cl)cc1)c1ccc(Cl)cc1. The molecule has 0 saturated heterocycles. The van der Waals surface area contributed by atoms with Gasteiger partial charge in [0.25, 0.3) is 0 Å². The molecule has 0 heterocycles. The van der Waals surface area contributed by atoms with Crippen LogP contribution in [0.3, 0.4) is 0 Å². The van der Waals surface area contributed by atoms with Gasteiger partial charge in [-0.3, -0.25) is 4.79 Å². The average Bonchev–Trinajstić information content (AvgIpc) is 2.75. The topological polar surface area (TPSA) is 66.5 Å². The van der Waals surface area contributed by atoms with Gasteiger partial charge in [0.2, 0.25) is 15.9 Å². The minimum atomic E-state index is -4.04. The minimum Gasteiger partial charge on any atom is -0.348 e. The van der Waals surface area contributed by atoms with Gasteiger partial charge in [-0.05, 0) is 66.6 Å². The van der Waals surface area contributed by atoms with Gasteiger partial charge in [-0.25, -0.2) is 8.42 Å². The molecule has 174 valence electrons. The molecule has 3 aromatic carbocycles. The average molecular weight is 546 g/mol. The maximum Gasteiger partial charge on any atom is 0.243 e. The van der Waals surface area contributed by atoms with Crippen molar-refractivity contribution in [3.05, 3.63) is 97.9 Å². The summed E-state index contributed by atoms with van der Waals surface area (Å²) in [6, 6.07) is 17.2. The lowest BCUT2D eigenvalue weighted by molar-refractivity contribution is -0.122. The Morgan fingerprint density at radius 3 is 2.00 bits per heavy atom. The van der Waals surface area contributed by atoms with Gasteiger partial charge in [-0.2, -0.15) is 4.31 Å². The van der Waals surface area contributed by atoms with Crippen LogP contribution in [-0.2, 0) is 21.4 Å². The van der Waals surface area contributed by atoms with Crippen LogP contribution < -0.4 is 5.32 Å². The fourth-order valence-electron chi connectivity index (χ4n) is 3.10. The lowest BCUT2D eigenvalue weighted by atomic mass is 10.1. The number of rotatable bonds is 8. The fourth-order valence-corrected chi connectivity index (χ4v) is 5.20. The molecule has 0 fully saturated rings. The van der Waals surface area contributed by atoms with E-state index in [4.69, 9.17) is 46.4 Å². The highest BCUT2D eigenvalue weighted by Gasteiger charge is 2.28. The number of benzene rings is 3. The van der Waals surface area contributed by atoms with Crippen molar-refractivity contribution in [3.63, 3.8) is 0 Å². The van der Waals surface area contributed by atoms with Gasteiger partial charge in [0, 0.05) is 26.6 Å². The predicted molar refractivity (Wildman–Crippen MR) is 134 cm³/mol. The van der Waals surface area contributed by atoms with Crippen LogP contribution in [0.5, 0.6) is 0 Å². The Bertz CT molecular complexity index is 1230. The van der Waals surface area contributed by atoms with Gasteiger partial charge < -0.3 is 5.32 Å². The molecule has 0 spiro atoms. The Labute approximate surface area is 213 Å². The lowest BCUT2D eigenvalue weighted by Gasteiger charge is -2.24. The van der Waals surface area contributed by atoms with Crippen LogP contribution in [-0.4, -0.2) is 25.2 Å². The molecule has 0 bridgehead atoms. The third-order valence-corrected chi connectivity index (χ3v) is 7.78. The Kier molecular flexibility index (Phi) is 8.67. The van der Waals surface area contributed by atoms with Crippen LogP contribution in [0.4, 0.5) is 0 Å². The van der Waals surface area contributed by atoms with Gasteiger partial charge in [-0.1, -0.05) is 64.6 Å². The summed E-state index contributed by atoms with van der Waals surface area (Å²) in [6.07, 6.45) is 0. The first-order valence-electron chi connectivity index (χ1n) is 9.81. The van der Waals surface area contributed by atoms with Crippen LogP contribution in [0.15, 0.2) is 71.6 Å². The number of carbonyl (C=O) groups excluding carboxylic acids is 1. The van der Waals surface area contributed by atoms with Crippen LogP contribution >= 0.6 is 46.4 Å². The molecular weight excluding hydrogens is 526 g/mol. The molecule has 1 N–H and O–H groups in total. The maximum absolute atomic E-state index is 13.4. The van der Waals surface area contributed by atoms with Crippen molar-refractivity contribution in [1.82, 2.24) is 9.62 Å². The second kappa shape index (κ2) is 11.1. The first kappa shape index (κ1) is 25.8. The predicted octanol–water partition coefficient (Wildman–Crippen LogP) is 6.37. The Morgan fingerprint density at radius 1 is 0.879 bits per heavy atom. The number of amides is 1. The molecule has 0 unspecified atom stereocenters. The molecule has 1 atom stereocenters. The zero-order valence-electron chi connectivity index (χ0n) is 17.4. The Balaban J connectivity index is 1.86. The number of nitrogens with one attached hydrogen (secondary N) is 1. The largest absolute Gasteiger partial charge is 0.348 e. The monoisotopic (exact) mass is 544 g/mol. The molecule has 0 aliphatic rings. The summed E-state index contributed by atoms with van der Waals surface area (Å²) in [5.41, 5.74) is 1.35. The van der Waals surface area contributed by atoms with Crippen molar-refractivity contribution >= 4 is 62.3 Å². The minimum absolute atomic E-state index is 0.00976. The molecule has 0 aliphatic heterocycles. The van der Waals surface area contributed by atoms with Crippen LogP contribution in [0.1, 0.15) is 24.1 Å². The smallest absolute Gasteiger partial charge is 0.243 e. The van der Waals surface area contributed by atoms with E-state index in [1.165, 1.54) is 30.3 Å². The van der Waals surface area contributed by atoms with E-state index < -0.39 is 22.5 Å². The second-order valence-corrected chi connectivity index (χ2v) is 11.0. The molecule has 3 rings (SSSR count). The van der Waals surface area contributed by atoms with E-state index in [1.807, 2.05) is 0 Å². The highest BCUT2D eigenvalue weighted by Crippen LogP contribution is 2.26. The fraction of sp³-hybridized carbons (Fsp3) is 0.174. The first-order valence-corrected chi connectivity index (χ1v) is 12.8. The van der Waals surface area contributed by atoms with Gasteiger partial charge in [0.05, 0.1) is 17.5 Å². The molecule has 10 heteroatoms. The van der Waals surface area contributed by atoms with E-state index in [0.717, 1.165) is 9.87 Å². The molecule has 0 radical (unpaired) electrons. The number of nitrogens with zero attached hydrogens (tertiary/aromatic N) is 1. The van der Waals surface area contributed by atoms with Crippen LogP contribution in [0.2, 0.25) is 20.1 Å². The quantitative estimate of drug-likeness (QED) is 0.357. The Hall–Kier alpha value is -1.80. The van der Waals surface area contributed by atoms with Crippen molar-refractivity contribution in [3.8, 4) is 0 Å². The number of hydrogen-bond acceptors (Lipinski definition) is 3. The summed E-state index contributed by atoms with van der Waals surface area (Å²) in [7, 11) is -4.04. The summed E-state index contributed by atoms with van der Waals surface area (Å²) >= 11 is 24.1. The second-order valence-electron chi connectivity index (χ2n) is 7.30. The molecule has 0 aromatic heterocycles. The number of sulfonamides is 1. The van der Waals surface area contributed by atoms with Crippen LogP contribution in [0.25, 0.3) is 0 Å². The first-order chi connectivity index (χ1) is 15.6. The van der Waals surface area contributed by atoms with Crippen LogP contribution in [0, 0.1) is 0 Å². The summed E-state index contributed by atoms with van der Waals surface area (Å²) in [5.74, 6) is -0.472. The molecular formula is C23H20Cl4N2O3S. The normalized spacial score (nSPS) is 12.5.